The van der Waals surface area contributed by atoms with Gasteiger partial charge >= 0.3 is 5.97 Å². The van der Waals surface area contributed by atoms with Gasteiger partial charge in [-0.05, 0) is 51.1 Å². The van der Waals surface area contributed by atoms with Gasteiger partial charge in [0.1, 0.15) is 5.54 Å². The molecule has 3 atom stereocenters. The fourth-order valence-corrected chi connectivity index (χ4v) is 4.08. The molecule has 0 aromatic heterocycles. The van der Waals surface area contributed by atoms with Crippen molar-refractivity contribution in [3.05, 3.63) is 35.4 Å². The Bertz CT molecular complexity index is 510. The van der Waals surface area contributed by atoms with Crippen molar-refractivity contribution in [2.24, 2.45) is 0 Å². The van der Waals surface area contributed by atoms with E-state index in [2.05, 4.69) is 43.1 Å². The van der Waals surface area contributed by atoms with Crippen LogP contribution in [0.2, 0.25) is 0 Å². The number of esters is 1. The minimum Gasteiger partial charge on any atom is -0.468 e. The lowest BCUT2D eigenvalue weighted by molar-refractivity contribution is -0.156. The number of hydrogen-bond acceptors (Lipinski definition) is 3. The second kappa shape index (κ2) is 4.88. The van der Waals surface area contributed by atoms with Gasteiger partial charge in [-0.1, -0.05) is 29.8 Å². The molecule has 0 radical (unpaired) electrons. The Labute approximate surface area is 120 Å². The Balaban J connectivity index is 1.90. The van der Waals surface area contributed by atoms with Crippen LogP contribution in [0, 0.1) is 6.92 Å². The fraction of sp³-hybridized carbons (Fsp3) is 0.588. The predicted molar refractivity (Wildman–Crippen MR) is 78.7 cm³/mol. The summed E-state index contributed by atoms with van der Waals surface area (Å²) in [5.74, 6) is 0.415. The standard InChI is InChI=1S/C17H23NO2/c1-12-4-6-13(7-5-12)14-10-15-8-9-17(11-14,18(15)2)16(19)20-3/h4-7,14-15H,8-11H2,1-3H3/t14-,15-,17+/m0/s1. The number of piperidine rings is 1. The first-order valence-electron chi connectivity index (χ1n) is 7.45. The summed E-state index contributed by atoms with van der Waals surface area (Å²) >= 11 is 0. The monoisotopic (exact) mass is 273 g/mol. The molecule has 3 nitrogen and oxygen atoms in total. The van der Waals surface area contributed by atoms with Gasteiger partial charge in [0, 0.05) is 6.04 Å². The molecule has 2 aliphatic heterocycles. The molecule has 0 aliphatic carbocycles. The number of methoxy groups -OCH3 is 1. The van der Waals surface area contributed by atoms with Gasteiger partial charge in [-0.2, -0.15) is 0 Å². The number of hydrogen-bond donors (Lipinski definition) is 0. The first-order valence-corrected chi connectivity index (χ1v) is 7.45. The molecule has 20 heavy (non-hydrogen) atoms. The van der Waals surface area contributed by atoms with Crippen LogP contribution in [0.4, 0.5) is 0 Å². The van der Waals surface area contributed by atoms with Crippen LogP contribution in [-0.4, -0.2) is 36.6 Å². The molecule has 3 rings (SSSR count). The molecule has 0 unspecified atom stereocenters. The van der Waals surface area contributed by atoms with Crippen LogP contribution in [0.1, 0.15) is 42.7 Å². The van der Waals surface area contributed by atoms with Gasteiger partial charge in [-0.25, -0.2) is 0 Å². The highest BCUT2D eigenvalue weighted by Gasteiger charge is 2.55. The smallest absolute Gasteiger partial charge is 0.326 e. The van der Waals surface area contributed by atoms with E-state index in [1.54, 1.807) is 0 Å². The molecule has 1 aromatic carbocycles. The first-order chi connectivity index (χ1) is 9.56. The molecule has 2 fully saturated rings. The van der Waals surface area contributed by atoms with Crippen LogP contribution in [0.5, 0.6) is 0 Å². The van der Waals surface area contributed by atoms with Gasteiger partial charge in [0.15, 0.2) is 0 Å². The summed E-state index contributed by atoms with van der Waals surface area (Å²) in [5.41, 5.74) is 2.25. The summed E-state index contributed by atoms with van der Waals surface area (Å²) in [6.07, 6.45) is 4.07. The van der Waals surface area contributed by atoms with E-state index in [-0.39, 0.29) is 5.97 Å². The van der Waals surface area contributed by atoms with Crippen LogP contribution >= 0.6 is 0 Å². The SMILES string of the molecule is COC(=O)[C@@]12CC[C@@H](C[C@H](c3ccc(C)cc3)C1)N2C. The summed E-state index contributed by atoms with van der Waals surface area (Å²) in [5, 5.41) is 0. The molecule has 0 amide bonds. The van der Waals surface area contributed by atoms with Gasteiger partial charge in [-0.3, -0.25) is 9.69 Å². The zero-order valence-electron chi connectivity index (χ0n) is 12.6. The van der Waals surface area contributed by atoms with Crippen LogP contribution < -0.4 is 0 Å². The minimum atomic E-state index is -0.396. The number of nitrogens with zero attached hydrogens (tertiary/aromatic N) is 1. The van der Waals surface area contributed by atoms with Crippen LogP contribution in [0.3, 0.4) is 0 Å². The number of rotatable bonds is 2. The van der Waals surface area contributed by atoms with E-state index in [0.717, 1.165) is 25.7 Å². The molecule has 2 heterocycles. The van der Waals surface area contributed by atoms with Gasteiger partial charge in [0.05, 0.1) is 7.11 Å². The van der Waals surface area contributed by atoms with Crippen LogP contribution in [0.25, 0.3) is 0 Å². The lowest BCUT2D eigenvalue weighted by Gasteiger charge is -2.43. The van der Waals surface area contributed by atoms with E-state index in [0.29, 0.717) is 12.0 Å². The minimum absolute atomic E-state index is 0.0562. The summed E-state index contributed by atoms with van der Waals surface area (Å²) in [6.45, 7) is 2.11. The molecule has 2 aliphatic rings. The number of aryl methyl sites for hydroxylation is 1. The van der Waals surface area contributed by atoms with Crippen molar-refractivity contribution in [1.82, 2.24) is 4.90 Å². The third kappa shape index (κ3) is 1.96. The number of fused-ring (bicyclic) bond motifs is 2. The van der Waals surface area contributed by atoms with Crippen molar-refractivity contribution in [3.63, 3.8) is 0 Å². The van der Waals surface area contributed by atoms with Crippen molar-refractivity contribution in [1.29, 1.82) is 0 Å². The number of benzene rings is 1. The number of ether oxygens (including phenoxy) is 1. The lowest BCUT2D eigenvalue weighted by atomic mass is 9.78. The highest BCUT2D eigenvalue weighted by atomic mass is 16.5. The summed E-state index contributed by atoms with van der Waals surface area (Å²) in [4.78, 5) is 14.6. The van der Waals surface area contributed by atoms with E-state index in [1.165, 1.54) is 18.2 Å². The average molecular weight is 273 g/mol. The highest BCUT2D eigenvalue weighted by Crippen LogP contribution is 2.49. The number of carbonyl (C=O) groups is 1. The van der Waals surface area contributed by atoms with Gasteiger partial charge < -0.3 is 4.74 Å². The largest absolute Gasteiger partial charge is 0.468 e. The maximum Gasteiger partial charge on any atom is 0.326 e. The Morgan fingerprint density at radius 3 is 2.70 bits per heavy atom. The summed E-state index contributed by atoms with van der Waals surface area (Å²) < 4.78 is 5.10. The van der Waals surface area contributed by atoms with Gasteiger partial charge in [-0.15, -0.1) is 0 Å². The summed E-state index contributed by atoms with van der Waals surface area (Å²) in [7, 11) is 3.59. The number of carbonyl (C=O) groups excluding carboxylic acids is 1. The maximum absolute atomic E-state index is 12.3. The quantitative estimate of drug-likeness (QED) is 0.776. The zero-order chi connectivity index (χ0) is 14.3. The maximum atomic E-state index is 12.3. The molecule has 0 saturated carbocycles. The fourth-order valence-electron chi connectivity index (χ4n) is 4.08. The van der Waals surface area contributed by atoms with Gasteiger partial charge in [0.25, 0.3) is 0 Å². The van der Waals surface area contributed by atoms with Crippen molar-refractivity contribution < 1.29 is 9.53 Å². The molecule has 3 heteroatoms. The Morgan fingerprint density at radius 2 is 2.05 bits per heavy atom. The second-order valence-corrected chi connectivity index (χ2v) is 6.37. The van der Waals surface area contributed by atoms with Crippen molar-refractivity contribution in [2.75, 3.05) is 14.2 Å². The molecule has 0 spiro atoms. The third-order valence-corrected chi connectivity index (χ3v) is 5.37. The van der Waals surface area contributed by atoms with Gasteiger partial charge in [0.2, 0.25) is 0 Å². The molecule has 2 bridgehead atoms. The molecular weight excluding hydrogens is 250 g/mol. The zero-order valence-corrected chi connectivity index (χ0v) is 12.6. The van der Waals surface area contributed by atoms with Crippen molar-refractivity contribution >= 4 is 5.97 Å². The Kier molecular flexibility index (Phi) is 3.33. The predicted octanol–water partition coefficient (Wildman–Crippen LogP) is 2.88. The molecule has 2 saturated heterocycles. The third-order valence-electron chi connectivity index (χ3n) is 5.37. The molecule has 108 valence electrons. The highest BCUT2D eigenvalue weighted by molar-refractivity contribution is 5.81. The van der Waals surface area contributed by atoms with Crippen LogP contribution in [0.15, 0.2) is 24.3 Å². The average Bonchev–Trinajstić information content (AvgIpc) is 2.66. The topological polar surface area (TPSA) is 29.5 Å². The first kappa shape index (κ1) is 13.6. The van der Waals surface area contributed by atoms with Crippen molar-refractivity contribution in [2.45, 2.75) is 50.1 Å². The van der Waals surface area contributed by atoms with E-state index >= 15 is 0 Å². The molecule has 0 N–H and O–H groups in total. The summed E-state index contributed by atoms with van der Waals surface area (Å²) in [6, 6.07) is 9.28. The number of likely N-dealkylation sites (N-methyl/N-ethyl adjacent to an activating group) is 1. The van der Waals surface area contributed by atoms with E-state index in [4.69, 9.17) is 4.74 Å². The Morgan fingerprint density at radius 1 is 1.35 bits per heavy atom. The van der Waals surface area contributed by atoms with E-state index in [9.17, 15) is 4.79 Å². The molecular formula is C17H23NO2. The lowest BCUT2D eigenvalue weighted by Crippen LogP contribution is -2.55. The normalized spacial score (nSPS) is 33.1. The van der Waals surface area contributed by atoms with E-state index in [1.807, 2.05) is 0 Å². The second-order valence-electron chi connectivity index (χ2n) is 6.37. The van der Waals surface area contributed by atoms with Crippen molar-refractivity contribution in [3.8, 4) is 0 Å². The van der Waals surface area contributed by atoms with Crippen LogP contribution in [-0.2, 0) is 9.53 Å². The molecule has 1 aromatic rings. The Hall–Kier alpha value is -1.35. The van der Waals surface area contributed by atoms with E-state index < -0.39 is 5.54 Å².